The molecular formula is C21H22N6OS. The second kappa shape index (κ2) is 8.48. The predicted molar refractivity (Wildman–Crippen MR) is 116 cm³/mol. The van der Waals surface area contributed by atoms with E-state index in [-0.39, 0.29) is 11.9 Å². The lowest BCUT2D eigenvalue weighted by atomic mass is 10.2. The molecule has 0 bridgehead atoms. The number of fused-ring (bicyclic) bond motifs is 1. The molecule has 0 fully saturated rings. The molecule has 3 aromatic heterocycles. The summed E-state index contributed by atoms with van der Waals surface area (Å²) in [6, 6.07) is 15.1. The van der Waals surface area contributed by atoms with E-state index in [4.69, 9.17) is 4.98 Å². The lowest BCUT2D eigenvalue weighted by Gasteiger charge is -2.18. The van der Waals surface area contributed by atoms with E-state index < -0.39 is 0 Å². The van der Waals surface area contributed by atoms with Crippen LogP contribution in [0.4, 0.5) is 0 Å². The smallest absolute Gasteiger partial charge is 0.269 e. The fourth-order valence-electron chi connectivity index (χ4n) is 3.30. The second-order valence-electron chi connectivity index (χ2n) is 6.71. The molecule has 0 saturated carbocycles. The first-order chi connectivity index (χ1) is 14.2. The second-order valence-corrected chi connectivity index (χ2v) is 7.69. The molecule has 29 heavy (non-hydrogen) atoms. The van der Waals surface area contributed by atoms with E-state index in [9.17, 15) is 4.79 Å². The maximum atomic E-state index is 12.9. The molecule has 4 rings (SSSR count). The Hall–Kier alpha value is -3.13. The Bertz CT molecular complexity index is 1120. The zero-order valence-electron chi connectivity index (χ0n) is 16.3. The fourth-order valence-corrected chi connectivity index (χ4v) is 3.77. The fraction of sp³-hybridized carbons (Fsp3) is 0.238. The summed E-state index contributed by atoms with van der Waals surface area (Å²) in [7, 11) is 1.98. The van der Waals surface area contributed by atoms with Crippen molar-refractivity contribution in [1.82, 2.24) is 30.0 Å². The number of amides is 1. The van der Waals surface area contributed by atoms with Gasteiger partial charge >= 0.3 is 0 Å². The van der Waals surface area contributed by atoms with Gasteiger partial charge in [-0.2, -0.15) is 16.9 Å². The number of imidazole rings is 1. The number of H-pyrrole nitrogens is 1. The van der Waals surface area contributed by atoms with Gasteiger partial charge in [0.1, 0.15) is 17.2 Å². The third-order valence-corrected chi connectivity index (χ3v) is 5.44. The summed E-state index contributed by atoms with van der Waals surface area (Å²) < 4.78 is 2.05. The summed E-state index contributed by atoms with van der Waals surface area (Å²) in [6.45, 7) is 0. The van der Waals surface area contributed by atoms with Gasteiger partial charge in [0.2, 0.25) is 0 Å². The van der Waals surface area contributed by atoms with Gasteiger partial charge in [-0.25, -0.2) is 4.98 Å². The number of nitrogens with one attached hydrogen (secondary N) is 2. The molecule has 3 heterocycles. The number of benzene rings is 1. The van der Waals surface area contributed by atoms with E-state index in [0.29, 0.717) is 11.4 Å². The Morgan fingerprint density at radius 2 is 2.03 bits per heavy atom. The third-order valence-electron chi connectivity index (χ3n) is 4.80. The first kappa shape index (κ1) is 19.2. The van der Waals surface area contributed by atoms with Crippen molar-refractivity contribution in [3.8, 4) is 11.4 Å². The van der Waals surface area contributed by atoms with Crippen LogP contribution >= 0.6 is 11.8 Å². The van der Waals surface area contributed by atoms with Crippen molar-refractivity contribution in [2.75, 3.05) is 12.0 Å². The van der Waals surface area contributed by atoms with Crippen LogP contribution in [0.3, 0.4) is 0 Å². The average Bonchev–Trinajstić information content (AvgIpc) is 3.37. The molecule has 4 aromatic rings. The van der Waals surface area contributed by atoms with Gasteiger partial charge in [0.15, 0.2) is 0 Å². The SMILES string of the molecule is CSCCC(NC(=O)c1cc(-c2ccccn2)n[nH]1)c1nc2ccccc2n1C. The summed E-state index contributed by atoms with van der Waals surface area (Å²) in [5, 5.41) is 10.2. The van der Waals surface area contributed by atoms with Gasteiger partial charge in [0.05, 0.1) is 22.8 Å². The van der Waals surface area contributed by atoms with E-state index in [0.717, 1.165) is 34.7 Å². The molecule has 1 unspecified atom stereocenters. The van der Waals surface area contributed by atoms with E-state index in [1.165, 1.54) is 0 Å². The number of thioether (sulfide) groups is 1. The van der Waals surface area contributed by atoms with Crippen LogP contribution in [-0.2, 0) is 7.05 Å². The summed E-state index contributed by atoms with van der Waals surface area (Å²) in [5.74, 6) is 1.55. The minimum Gasteiger partial charge on any atom is -0.341 e. The highest BCUT2D eigenvalue weighted by Gasteiger charge is 2.22. The average molecular weight is 407 g/mol. The van der Waals surface area contributed by atoms with Crippen molar-refractivity contribution < 1.29 is 4.79 Å². The molecule has 0 saturated heterocycles. The van der Waals surface area contributed by atoms with Crippen molar-refractivity contribution >= 4 is 28.7 Å². The summed E-state index contributed by atoms with van der Waals surface area (Å²) in [4.78, 5) is 22.0. The summed E-state index contributed by atoms with van der Waals surface area (Å²) in [6.07, 6.45) is 4.54. The molecule has 0 aliphatic carbocycles. The number of carbonyl (C=O) groups is 1. The third kappa shape index (κ3) is 4.02. The first-order valence-corrected chi connectivity index (χ1v) is 10.7. The topological polar surface area (TPSA) is 88.5 Å². The monoisotopic (exact) mass is 406 g/mol. The number of aromatic nitrogens is 5. The minimum absolute atomic E-state index is 0.200. The van der Waals surface area contributed by atoms with Gasteiger partial charge in [-0.1, -0.05) is 18.2 Å². The number of pyridine rings is 1. The first-order valence-electron chi connectivity index (χ1n) is 9.35. The van der Waals surface area contributed by atoms with Gasteiger partial charge in [0.25, 0.3) is 5.91 Å². The van der Waals surface area contributed by atoms with E-state index >= 15 is 0 Å². The molecule has 1 aromatic carbocycles. The molecule has 1 atom stereocenters. The van der Waals surface area contributed by atoms with Crippen LogP contribution in [0, 0.1) is 0 Å². The Morgan fingerprint density at radius 1 is 1.21 bits per heavy atom. The maximum Gasteiger partial charge on any atom is 0.269 e. The van der Waals surface area contributed by atoms with Gasteiger partial charge < -0.3 is 9.88 Å². The Kier molecular flexibility index (Phi) is 5.62. The molecule has 2 N–H and O–H groups in total. The van der Waals surface area contributed by atoms with Crippen LogP contribution < -0.4 is 5.32 Å². The Balaban J connectivity index is 1.59. The van der Waals surface area contributed by atoms with Gasteiger partial charge in [0, 0.05) is 13.2 Å². The summed E-state index contributed by atoms with van der Waals surface area (Å²) in [5.41, 5.74) is 3.73. The van der Waals surface area contributed by atoms with Gasteiger partial charge in [-0.05, 0) is 48.8 Å². The van der Waals surface area contributed by atoms with Crippen molar-refractivity contribution in [3.63, 3.8) is 0 Å². The molecule has 0 aliphatic heterocycles. The number of carbonyl (C=O) groups excluding carboxylic acids is 1. The lowest BCUT2D eigenvalue weighted by molar-refractivity contribution is 0.0928. The van der Waals surface area contributed by atoms with Crippen LogP contribution in [0.25, 0.3) is 22.4 Å². The molecule has 8 heteroatoms. The largest absolute Gasteiger partial charge is 0.341 e. The Morgan fingerprint density at radius 3 is 2.79 bits per heavy atom. The lowest BCUT2D eigenvalue weighted by Crippen LogP contribution is -2.31. The van der Waals surface area contributed by atoms with Crippen LogP contribution in [0.5, 0.6) is 0 Å². The number of hydrogen-bond donors (Lipinski definition) is 2. The minimum atomic E-state index is -0.210. The standard InChI is InChI=1S/C21H22N6OS/c1-27-19-9-4-3-8-15(19)23-20(27)16(10-12-29-2)24-21(28)18-13-17(25-26-18)14-7-5-6-11-22-14/h3-9,11,13,16H,10,12H2,1-2H3,(H,24,28)(H,25,26). The van der Waals surface area contributed by atoms with E-state index in [1.807, 2.05) is 54.1 Å². The van der Waals surface area contributed by atoms with Crippen molar-refractivity contribution in [1.29, 1.82) is 0 Å². The van der Waals surface area contributed by atoms with Crippen LogP contribution in [0.1, 0.15) is 28.8 Å². The van der Waals surface area contributed by atoms with Gasteiger partial charge in [-0.15, -0.1) is 0 Å². The highest BCUT2D eigenvalue weighted by atomic mass is 32.2. The van der Waals surface area contributed by atoms with E-state index in [1.54, 1.807) is 24.0 Å². The molecule has 148 valence electrons. The van der Waals surface area contributed by atoms with Crippen molar-refractivity contribution in [2.45, 2.75) is 12.5 Å². The number of aromatic amines is 1. The number of nitrogens with zero attached hydrogens (tertiary/aromatic N) is 4. The molecule has 0 radical (unpaired) electrons. The maximum absolute atomic E-state index is 12.9. The Labute approximate surface area is 173 Å². The number of aryl methyl sites for hydroxylation is 1. The molecule has 1 amide bonds. The number of rotatable bonds is 7. The number of hydrogen-bond acceptors (Lipinski definition) is 5. The number of para-hydroxylation sites is 2. The zero-order chi connectivity index (χ0) is 20.2. The van der Waals surface area contributed by atoms with Gasteiger partial charge in [-0.3, -0.25) is 14.9 Å². The quantitative estimate of drug-likeness (QED) is 0.490. The van der Waals surface area contributed by atoms with Crippen molar-refractivity contribution in [2.24, 2.45) is 7.05 Å². The highest BCUT2D eigenvalue weighted by Crippen LogP contribution is 2.23. The normalized spacial score (nSPS) is 12.2. The van der Waals surface area contributed by atoms with Crippen LogP contribution in [0.2, 0.25) is 0 Å². The molecule has 0 aliphatic rings. The highest BCUT2D eigenvalue weighted by molar-refractivity contribution is 7.98. The molecule has 7 nitrogen and oxygen atoms in total. The molecular weight excluding hydrogens is 384 g/mol. The van der Waals surface area contributed by atoms with Crippen LogP contribution in [-0.4, -0.2) is 42.6 Å². The van der Waals surface area contributed by atoms with E-state index in [2.05, 4.69) is 26.8 Å². The predicted octanol–water partition coefficient (Wildman–Crippen LogP) is 3.58. The van der Waals surface area contributed by atoms with Crippen LogP contribution in [0.15, 0.2) is 54.7 Å². The zero-order valence-corrected chi connectivity index (χ0v) is 17.1. The van der Waals surface area contributed by atoms with Crippen molar-refractivity contribution in [3.05, 3.63) is 66.2 Å². The molecule has 0 spiro atoms. The summed E-state index contributed by atoms with van der Waals surface area (Å²) >= 11 is 1.74.